The van der Waals surface area contributed by atoms with Gasteiger partial charge in [0, 0.05) is 5.02 Å². The topological polar surface area (TPSA) is 0 Å². The van der Waals surface area contributed by atoms with Crippen LogP contribution < -0.4 is 0 Å². The second kappa shape index (κ2) is 5.54. The quantitative estimate of drug-likeness (QED) is 0.589. The summed E-state index contributed by atoms with van der Waals surface area (Å²) >= 11 is 10.3. The fourth-order valence-corrected chi connectivity index (χ4v) is 4.05. The van der Waals surface area contributed by atoms with Gasteiger partial charge in [0.25, 0.3) is 0 Å². The highest BCUT2D eigenvalue weighted by molar-refractivity contribution is 9.09. The zero-order chi connectivity index (χ0) is 14.3. The van der Waals surface area contributed by atoms with Gasteiger partial charge in [-0.3, -0.25) is 0 Å². The Morgan fingerprint density at radius 1 is 1.00 bits per heavy atom. The third-order valence-electron chi connectivity index (χ3n) is 4.30. The van der Waals surface area contributed by atoms with E-state index in [0.717, 1.165) is 10.6 Å². The zero-order valence-corrected chi connectivity index (χ0v) is 14.2. The first-order valence-electron chi connectivity index (χ1n) is 7.08. The first kappa shape index (κ1) is 14.2. The number of hydrogen-bond acceptors (Lipinski definition) is 0. The molecule has 2 aromatic carbocycles. The van der Waals surface area contributed by atoms with E-state index in [1.807, 2.05) is 0 Å². The summed E-state index contributed by atoms with van der Waals surface area (Å²) in [5, 5.41) is 0.843. The Hall–Kier alpha value is -0.790. The molecule has 0 fully saturated rings. The van der Waals surface area contributed by atoms with E-state index in [0.29, 0.717) is 0 Å². The molecule has 0 heterocycles. The van der Waals surface area contributed by atoms with E-state index in [1.165, 1.54) is 47.1 Å². The first-order valence-corrected chi connectivity index (χ1v) is 8.38. The number of alkyl halides is 1. The largest absolute Gasteiger partial charge is 0.0840 e. The lowest BCUT2D eigenvalue weighted by Crippen LogP contribution is -1.97. The van der Waals surface area contributed by atoms with Gasteiger partial charge in [-0.15, -0.1) is 0 Å². The molecule has 0 aliphatic heterocycles. The molecule has 1 aliphatic rings. The zero-order valence-electron chi connectivity index (χ0n) is 11.8. The number of fused-ring (bicyclic) bond motifs is 1. The summed E-state index contributed by atoms with van der Waals surface area (Å²) in [6.45, 7) is 4.24. The van der Waals surface area contributed by atoms with Gasteiger partial charge >= 0.3 is 0 Å². The maximum atomic E-state index is 6.43. The first-order chi connectivity index (χ1) is 9.56. The maximum Gasteiger partial charge on any atom is 0.0659 e. The van der Waals surface area contributed by atoms with Crippen molar-refractivity contribution in [2.75, 3.05) is 0 Å². The molecule has 0 bridgehead atoms. The highest BCUT2D eigenvalue weighted by Gasteiger charge is 2.18. The fraction of sp³-hybridized carbons (Fsp3) is 0.333. The molecule has 0 aromatic heterocycles. The van der Waals surface area contributed by atoms with Crippen molar-refractivity contribution in [2.24, 2.45) is 0 Å². The van der Waals surface area contributed by atoms with Crippen LogP contribution in [0.3, 0.4) is 0 Å². The molecule has 0 radical (unpaired) electrons. The summed E-state index contributed by atoms with van der Waals surface area (Å²) < 4.78 is 0. The minimum atomic E-state index is 0.167. The Labute approximate surface area is 134 Å². The number of halogens is 2. The predicted octanol–water partition coefficient (Wildman–Crippen LogP) is 5.93. The lowest BCUT2D eigenvalue weighted by Gasteiger charge is -2.16. The summed E-state index contributed by atoms with van der Waals surface area (Å²) in [7, 11) is 0. The average molecular weight is 350 g/mol. The molecule has 1 aliphatic carbocycles. The van der Waals surface area contributed by atoms with Crippen LogP contribution in [0.5, 0.6) is 0 Å². The van der Waals surface area contributed by atoms with Crippen molar-refractivity contribution < 1.29 is 0 Å². The van der Waals surface area contributed by atoms with Gasteiger partial charge in [-0.05, 0) is 72.6 Å². The smallest absolute Gasteiger partial charge is 0.0659 e. The Bertz CT molecular complexity index is 661. The molecule has 0 spiro atoms. The van der Waals surface area contributed by atoms with E-state index in [9.17, 15) is 0 Å². The molecule has 1 unspecified atom stereocenters. The third-order valence-corrected chi connectivity index (χ3v) is 5.65. The van der Waals surface area contributed by atoms with Crippen molar-refractivity contribution in [1.82, 2.24) is 0 Å². The molecule has 3 rings (SSSR count). The molecule has 0 nitrogen and oxygen atoms in total. The van der Waals surface area contributed by atoms with Crippen LogP contribution in [-0.2, 0) is 12.8 Å². The van der Waals surface area contributed by atoms with Gasteiger partial charge in [-0.1, -0.05) is 51.8 Å². The Kier molecular flexibility index (Phi) is 3.92. The van der Waals surface area contributed by atoms with Crippen LogP contribution in [0.15, 0.2) is 30.3 Å². The van der Waals surface area contributed by atoms with Crippen molar-refractivity contribution >= 4 is 27.5 Å². The standard InChI is InChI=1S/C18H18BrCl/c1-11-8-16(17(20)9-12(11)2)18(19)15-7-6-13-4-3-5-14(13)10-15/h6-10,18H,3-5H2,1-2H3. The van der Waals surface area contributed by atoms with Gasteiger partial charge < -0.3 is 0 Å². The van der Waals surface area contributed by atoms with Crippen molar-refractivity contribution in [3.63, 3.8) is 0 Å². The molecule has 0 saturated carbocycles. The lowest BCUT2D eigenvalue weighted by molar-refractivity contribution is 0.911. The van der Waals surface area contributed by atoms with Crippen molar-refractivity contribution in [3.8, 4) is 0 Å². The summed E-state index contributed by atoms with van der Waals surface area (Å²) in [6, 6.07) is 11.1. The van der Waals surface area contributed by atoms with Crippen LogP contribution in [0.4, 0.5) is 0 Å². The molecular formula is C18H18BrCl. The van der Waals surface area contributed by atoms with Gasteiger partial charge in [0.15, 0.2) is 0 Å². The maximum absolute atomic E-state index is 6.43. The number of rotatable bonds is 2. The second-order valence-electron chi connectivity index (χ2n) is 5.70. The highest BCUT2D eigenvalue weighted by atomic mass is 79.9. The van der Waals surface area contributed by atoms with Crippen molar-refractivity contribution in [1.29, 1.82) is 0 Å². The van der Waals surface area contributed by atoms with Gasteiger partial charge in [0.05, 0.1) is 4.83 Å². The number of aryl methyl sites for hydroxylation is 4. The van der Waals surface area contributed by atoms with Gasteiger partial charge in [0.2, 0.25) is 0 Å². The van der Waals surface area contributed by atoms with Gasteiger partial charge in [0.1, 0.15) is 0 Å². The van der Waals surface area contributed by atoms with E-state index < -0.39 is 0 Å². The van der Waals surface area contributed by atoms with E-state index in [2.05, 4.69) is 60.1 Å². The van der Waals surface area contributed by atoms with Crippen LogP contribution in [-0.4, -0.2) is 0 Å². The van der Waals surface area contributed by atoms with E-state index in [1.54, 1.807) is 0 Å². The molecule has 20 heavy (non-hydrogen) atoms. The van der Waals surface area contributed by atoms with Gasteiger partial charge in [-0.2, -0.15) is 0 Å². The number of benzene rings is 2. The minimum Gasteiger partial charge on any atom is -0.0840 e. The Morgan fingerprint density at radius 3 is 2.50 bits per heavy atom. The lowest BCUT2D eigenvalue weighted by atomic mass is 9.98. The molecular weight excluding hydrogens is 332 g/mol. The minimum absolute atomic E-state index is 0.167. The third kappa shape index (κ3) is 2.54. The summed E-state index contributed by atoms with van der Waals surface area (Å²) in [5.74, 6) is 0. The van der Waals surface area contributed by atoms with E-state index in [4.69, 9.17) is 11.6 Å². The molecule has 0 N–H and O–H groups in total. The molecule has 0 saturated heterocycles. The summed E-state index contributed by atoms with van der Waals surface area (Å²) in [4.78, 5) is 0.167. The molecule has 2 heteroatoms. The van der Waals surface area contributed by atoms with Crippen molar-refractivity contribution in [3.05, 3.63) is 68.7 Å². The average Bonchev–Trinajstić information content (AvgIpc) is 2.89. The number of hydrogen-bond donors (Lipinski definition) is 0. The van der Waals surface area contributed by atoms with E-state index in [-0.39, 0.29) is 4.83 Å². The summed E-state index contributed by atoms with van der Waals surface area (Å²) in [6.07, 6.45) is 3.73. The Balaban J connectivity index is 2.00. The van der Waals surface area contributed by atoms with Gasteiger partial charge in [-0.25, -0.2) is 0 Å². The molecule has 0 amide bonds. The predicted molar refractivity (Wildman–Crippen MR) is 90.2 cm³/mol. The van der Waals surface area contributed by atoms with Crippen LogP contribution in [0.25, 0.3) is 0 Å². The fourth-order valence-electron chi connectivity index (χ4n) is 2.93. The molecule has 104 valence electrons. The molecule has 2 aromatic rings. The van der Waals surface area contributed by atoms with Crippen LogP contribution in [0.1, 0.15) is 44.6 Å². The second-order valence-corrected chi connectivity index (χ2v) is 7.03. The van der Waals surface area contributed by atoms with Crippen molar-refractivity contribution in [2.45, 2.75) is 37.9 Å². The monoisotopic (exact) mass is 348 g/mol. The Morgan fingerprint density at radius 2 is 1.70 bits per heavy atom. The van der Waals surface area contributed by atoms with E-state index >= 15 is 0 Å². The normalized spacial score (nSPS) is 15.2. The molecule has 1 atom stereocenters. The van der Waals surface area contributed by atoms with Crippen LogP contribution >= 0.6 is 27.5 Å². The van der Waals surface area contributed by atoms with Crippen LogP contribution in [0, 0.1) is 13.8 Å². The SMILES string of the molecule is Cc1cc(Cl)c(C(Br)c2ccc3c(c2)CCC3)cc1C. The summed E-state index contributed by atoms with van der Waals surface area (Å²) in [5.41, 5.74) is 8.01. The highest BCUT2D eigenvalue weighted by Crippen LogP contribution is 2.38. The van der Waals surface area contributed by atoms with Crippen LogP contribution in [0.2, 0.25) is 5.02 Å².